The number of amides is 1. The van der Waals surface area contributed by atoms with Gasteiger partial charge in [-0.3, -0.25) is 9.36 Å². The molecule has 3 heterocycles. The molecule has 0 unspecified atom stereocenters. The van der Waals surface area contributed by atoms with Crippen LogP contribution in [-0.4, -0.2) is 51.3 Å². The van der Waals surface area contributed by atoms with Gasteiger partial charge < -0.3 is 15.0 Å². The largest absolute Gasteiger partial charge is 0.450 e. The van der Waals surface area contributed by atoms with Crippen molar-refractivity contribution in [3.63, 3.8) is 0 Å². The summed E-state index contributed by atoms with van der Waals surface area (Å²) in [5.41, 5.74) is 1.56. The lowest BCUT2D eigenvalue weighted by Crippen LogP contribution is -2.42. The molecule has 1 aliphatic rings. The number of ether oxygens (including phenoxy) is 1. The van der Waals surface area contributed by atoms with Crippen molar-refractivity contribution >= 4 is 47.1 Å². The fourth-order valence-corrected chi connectivity index (χ4v) is 4.03. The summed E-state index contributed by atoms with van der Waals surface area (Å²) >= 11 is 6.29. The van der Waals surface area contributed by atoms with Crippen LogP contribution in [0.2, 0.25) is 5.02 Å². The average molecular weight is 478 g/mol. The predicted octanol–water partition coefficient (Wildman–Crippen LogP) is 4.10. The average Bonchev–Trinajstić information content (AvgIpc) is 2.78. The molecule has 0 bridgehead atoms. The number of hydrogen-bond donors (Lipinski definition) is 1. The Bertz CT molecular complexity index is 1180. The van der Waals surface area contributed by atoms with E-state index in [0.29, 0.717) is 47.4 Å². The number of pyridine rings is 1. The van der Waals surface area contributed by atoms with Crippen LogP contribution in [0.1, 0.15) is 19.8 Å². The van der Waals surface area contributed by atoms with E-state index in [0.717, 1.165) is 18.2 Å². The third-order valence-electron chi connectivity index (χ3n) is 5.47. The van der Waals surface area contributed by atoms with Gasteiger partial charge in [0.05, 0.1) is 6.61 Å². The van der Waals surface area contributed by atoms with Crippen molar-refractivity contribution in [2.45, 2.75) is 25.8 Å². The van der Waals surface area contributed by atoms with Gasteiger partial charge in [-0.05, 0) is 31.9 Å². The van der Waals surface area contributed by atoms with Gasteiger partial charge in [0.2, 0.25) is 5.95 Å². The molecular weight excluding hydrogens is 453 g/mol. The van der Waals surface area contributed by atoms with Gasteiger partial charge >= 0.3 is 6.09 Å². The van der Waals surface area contributed by atoms with Crippen molar-refractivity contribution in [1.29, 1.82) is 0 Å². The first-order chi connectivity index (χ1) is 15.0. The summed E-state index contributed by atoms with van der Waals surface area (Å²) in [6.45, 7) is 3.40. The van der Waals surface area contributed by atoms with Crippen LogP contribution in [0.4, 0.5) is 10.7 Å². The number of anilines is 1. The van der Waals surface area contributed by atoms with Crippen LogP contribution in [-0.2, 0) is 11.8 Å². The molecule has 4 rings (SSSR count). The van der Waals surface area contributed by atoms with E-state index in [1.165, 1.54) is 4.57 Å². The van der Waals surface area contributed by atoms with Gasteiger partial charge in [-0.2, -0.15) is 4.98 Å². The summed E-state index contributed by atoms with van der Waals surface area (Å²) in [7, 11) is 1.69. The molecule has 10 heteroatoms. The number of halogens is 2. The quantitative estimate of drug-likeness (QED) is 0.608. The van der Waals surface area contributed by atoms with Crippen molar-refractivity contribution in [3.05, 3.63) is 51.9 Å². The molecule has 1 amide bonds. The topological polar surface area (TPSA) is 89.4 Å². The Hall–Kier alpha value is -2.84. The van der Waals surface area contributed by atoms with E-state index in [-0.39, 0.29) is 30.1 Å². The fourth-order valence-electron chi connectivity index (χ4n) is 3.79. The standard InChI is InChI=1S/C22H24ClN5O3.ClH/c1-3-31-22(30)28-10-8-15(9-11-28)25-21-24-13-14-12-17(16-6-4-5-7-18(16)23)20(29)27(2)19(14)26-21;/h4-7,12-13,15H,3,8-11H2,1-2H3,(H,24,25,26);1H. The van der Waals surface area contributed by atoms with Gasteiger partial charge in [-0.25, -0.2) is 9.78 Å². The predicted molar refractivity (Wildman–Crippen MR) is 128 cm³/mol. The minimum Gasteiger partial charge on any atom is -0.450 e. The molecule has 1 saturated heterocycles. The summed E-state index contributed by atoms with van der Waals surface area (Å²) in [4.78, 5) is 35.5. The molecule has 0 atom stereocenters. The minimum absolute atomic E-state index is 0. The van der Waals surface area contributed by atoms with Crippen LogP contribution in [0.25, 0.3) is 22.2 Å². The maximum Gasteiger partial charge on any atom is 0.409 e. The Morgan fingerprint density at radius 2 is 1.97 bits per heavy atom. The second kappa shape index (κ2) is 10.2. The first-order valence-corrected chi connectivity index (χ1v) is 10.7. The van der Waals surface area contributed by atoms with Crippen molar-refractivity contribution in [2.75, 3.05) is 25.0 Å². The Balaban J connectivity index is 0.00000289. The highest BCUT2D eigenvalue weighted by Crippen LogP contribution is 2.27. The number of rotatable bonds is 4. The smallest absolute Gasteiger partial charge is 0.409 e. The van der Waals surface area contributed by atoms with Crippen LogP contribution in [0.15, 0.2) is 41.3 Å². The minimum atomic E-state index is -0.271. The fraction of sp³-hybridized carbons (Fsp3) is 0.364. The number of hydrogen-bond acceptors (Lipinski definition) is 6. The van der Waals surface area contributed by atoms with Gasteiger partial charge in [0.15, 0.2) is 0 Å². The van der Waals surface area contributed by atoms with E-state index >= 15 is 0 Å². The summed E-state index contributed by atoms with van der Waals surface area (Å²) in [6, 6.07) is 9.18. The molecule has 0 spiro atoms. The number of piperidine rings is 1. The molecule has 170 valence electrons. The highest BCUT2D eigenvalue weighted by molar-refractivity contribution is 6.33. The zero-order chi connectivity index (χ0) is 22.0. The zero-order valence-corrected chi connectivity index (χ0v) is 19.4. The maximum atomic E-state index is 13.0. The molecule has 2 aromatic heterocycles. The van der Waals surface area contributed by atoms with Crippen LogP contribution in [0.3, 0.4) is 0 Å². The van der Waals surface area contributed by atoms with E-state index in [2.05, 4.69) is 15.3 Å². The number of nitrogens with one attached hydrogen (secondary N) is 1. The number of likely N-dealkylation sites (tertiary alicyclic amines) is 1. The second-order valence-electron chi connectivity index (χ2n) is 7.48. The third-order valence-corrected chi connectivity index (χ3v) is 5.80. The van der Waals surface area contributed by atoms with Crippen LogP contribution in [0.5, 0.6) is 0 Å². The maximum absolute atomic E-state index is 13.0. The second-order valence-corrected chi connectivity index (χ2v) is 7.89. The highest BCUT2D eigenvalue weighted by Gasteiger charge is 2.24. The molecule has 0 radical (unpaired) electrons. The number of nitrogens with zero attached hydrogens (tertiary/aromatic N) is 4. The Kier molecular flexibility index (Phi) is 7.58. The first-order valence-electron chi connectivity index (χ1n) is 10.3. The van der Waals surface area contributed by atoms with Gasteiger partial charge in [-0.15, -0.1) is 12.4 Å². The van der Waals surface area contributed by atoms with E-state index in [1.54, 1.807) is 37.2 Å². The van der Waals surface area contributed by atoms with E-state index in [4.69, 9.17) is 16.3 Å². The zero-order valence-electron chi connectivity index (χ0n) is 17.9. The van der Waals surface area contributed by atoms with E-state index < -0.39 is 0 Å². The summed E-state index contributed by atoms with van der Waals surface area (Å²) in [6.07, 6.45) is 2.97. The summed E-state index contributed by atoms with van der Waals surface area (Å²) in [5, 5.41) is 4.60. The van der Waals surface area contributed by atoms with Gasteiger partial charge in [0, 0.05) is 53.9 Å². The Morgan fingerprint density at radius 1 is 1.25 bits per heavy atom. The monoisotopic (exact) mass is 477 g/mol. The molecule has 8 nitrogen and oxygen atoms in total. The lowest BCUT2D eigenvalue weighted by molar-refractivity contribution is 0.0983. The first kappa shape index (κ1) is 23.8. The number of fused-ring (bicyclic) bond motifs is 1. The van der Waals surface area contributed by atoms with Crippen LogP contribution >= 0.6 is 24.0 Å². The molecule has 3 aromatic rings. The van der Waals surface area contributed by atoms with Crippen LogP contribution in [0, 0.1) is 0 Å². The molecule has 0 aliphatic carbocycles. The van der Waals surface area contributed by atoms with Gasteiger partial charge in [0.1, 0.15) is 5.65 Å². The normalized spacial score (nSPS) is 14.2. The number of carbonyl (C=O) groups is 1. The van der Waals surface area contributed by atoms with Crippen molar-refractivity contribution in [1.82, 2.24) is 19.4 Å². The third kappa shape index (κ3) is 4.81. The lowest BCUT2D eigenvalue weighted by Gasteiger charge is -2.31. The van der Waals surface area contributed by atoms with Crippen molar-refractivity contribution in [2.24, 2.45) is 7.05 Å². The Labute approximate surface area is 197 Å². The van der Waals surface area contributed by atoms with Crippen molar-refractivity contribution in [3.8, 4) is 11.1 Å². The molecular formula is C22H25Cl2N5O3. The molecule has 32 heavy (non-hydrogen) atoms. The number of carbonyl (C=O) groups excluding carboxylic acids is 1. The van der Waals surface area contributed by atoms with Crippen molar-refractivity contribution < 1.29 is 9.53 Å². The molecule has 0 saturated carbocycles. The molecule has 1 fully saturated rings. The lowest BCUT2D eigenvalue weighted by atomic mass is 10.1. The van der Waals surface area contributed by atoms with E-state index in [1.807, 2.05) is 18.2 Å². The van der Waals surface area contributed by atoms with E-state index in [9.17, 15) is 9.59 Å². The Morgan fingerprint density at radius 3 is 2.66 bits per heavy atom. The molecule has 1 N–H and O–H groups in total. The molecule has 1 aromatic carbocycles. The van der Waals surface area contributed by atoms with Gasteiger partial charge in [-0.1, -0.05) is 29.8 Å². The summed E-state index contributed by atoms with van der Waals surface area (Å²) in [5.74, 6) is 0.461. The summed E-state index contributed by atoms with van der Waals surface area (Å²) < 4.78 is 6.58. The highest BCUT2D eigenvalue weighted by atomic mass is 35.5. The number of aryl methyl sites for hydroxylation is 1. The SMILES string of the molecule is CCOC(=O)N1CCC(Nc2ncc3cc(-c4ccccc4Cl)c(=O)n(C)c3n2)CC1.Cl. The number of aromatic nitrogens is 3. The van der Waals surface area contributed by atoms with Gasteiger partial charge in [0.25, 0.3) is 5.56 Å². The molecule has 1 aliphatic heterocycles. The van der Waals surface area contributed by atoms with Crippen LogP contribution < -0.4 is 10.9 Å². The number of benzene rings is 1.